The molecule has 0 fully saturated rings. The smallest absolute Gasteiger partial charge is 0.269 e. The van der Waals surface area contributed by atoms with Gasteiger partial charge in [0.1, 0.15) is 5.76 Å². The topological polar surface area (TPSA) is 80.4 Å². The number of allylic oxidation sites excluding steroid dienone is 2. The van der Waals surface area contributed by atoms with E-state index in [2.05, 4.69) is 32.9 Å². The second kappa shape index (κ2) is 10.1. The van der Waals surface area contributed by atoms with Crippen molar-refractivity contribution in [3.05, 3.63) is 74.5 Å². The summed E-state index contributed by atoms with van der Waals surface area (Å²) in [4.78, 5) is 24.4. The number of non-ortho nitro benzene ring substituents is 1. The van der Waals surface area contributed by atoms with Gasteiger partial charge in [0, 0.05) is 29.9 Å². The van der Waals surface area contributed by atoms with Crippen molar-refractivity contribution in [1.82, 2.24) is 0 Å². The summed E-state index contributed by atoms with van der Waals surface area (Å²) in [6, 6.07) is 10.8. The second-order valence-corrected chi connectivity index (χ2v) is 9.24. The largest absolute Gasteiger partial charge is 0.512 e. The highest BCUT2D eigenvalue weighted by molar-refractivity contribution is 7.99. The Labute approximate surface area is 187 Å². The zero-order chi connectivity index (χ0) is 22.5. The number of hydrogen-bond donors (Lipinski definition) is 1. The van der Waals surface area contributed by atoms with Crippen LogP contribution in [0.4, 0.5) is 5.69 Å². The van der Waals surface area contributed by atoms with E-state index in [1.807, 2.05) is 0 Å². The van der Waals surface area contributed by atoms with Crippen LogP contribution in [-0.2, 0) is 17.6 Å². The molecule has 0 aliphatic heterocycles. The van der Waals surface area contributed by atoms with Crippen molar-refractivity contribution in [2.45, 2.75) is 57.8 Å². The van der Waals surface area contributed by atoms with Gasteiger partial charge in [-0.05, 0) is 66.7 Å². The van der Waals surface area contributed by atoms with Gasteiger partial charge >= 0.3 is 0 Å². The molecular formula is C25H29NO4S. The first kappa shape index (κ1) is 23.1. The van der Waals surface area contributed by atoms with Crippen molar-refractivity contribution < 1.29 is 14.8 Å². The van der Waals surface area contributed by atoms with Crippen LogP contribution in [0, 0.1) is 23.0 Å². The van der Waals surface area contributed by atoms with Crippen LogP contribution in [-0.4, -0.2) is 21.6 Å². The minimum absolute atomic E-state index is 0.0299. The molecule has 31 heavy (non-hydrogen) atoms. The number of carbonyl (C=O) groups excluding carboxylic acids is 1. The Morgan fingerprint density at radius 2 is 1.71 bits per heavy atom. The molecular weight excluding hydrogens is 410 g/mol. The number of rotatable bonds is 8. The minimum atomic E-state index is -0.406. The highest BCUT2D eigenvalue weighted by Crippen LogP contribution is 2.38. The molecule has 1 aliphatic rings. The summed E-state index contributed by atoms with van der Waals surface area (Å²) in [5, 5.41) is 21.6. The normalized spacial score (nSPS) is 16.6. The fourth-order valence-corrected chi connectivity index (χ4v) is 5.30. The molecule has 0 spiro atoms. The lowest BCUT2D eigenvalue weighted by Gasteiger charge is -2.26. The predicted octanol–water partition coefficient (Wildman–Crippen LogP) is 6.46. The number of nitrogens with zero attached hydrogens (tertiary/aromatic N) is 1. The molecule has 6 heteroatoms. The van der Waals surface area contributed by atoms with Crippen LogP contribution in [0.5, 0.6) is 0 Å². The monoisotopic (exact) mass is 439 g/mol. The van der Waals surface area contributed by atoms with Crippen LogP contribution in [0.25, 0.3) is 5.57 Å². The molecule has 2 aromatic rings. The van der Waals surface area contributed by atoms with Gasteiger partial charge in [-0.15, -0.1) is 11.8 Å². The zero-order valence-electron chi connectivity index (χ0n) is 18.3. The number of nitro benzene ring substituents is 1. The maximum atomic E-state index is 13.1. The van der Waals surface area contributed by atoms with Gasteiger partial charge in [0.25, 0.3) is 5.69 Å². The molecule has 0 saturated carbocycles. The third-order valence-corrected chi connectivity index (χ3v) is 6.87. The molecule has 0 heterocycles. The van der Waals surface area contributed by atoms with E-state index in [-0.39, 0.29) is 23.1 Å². The van der Waals surface area contributed by atoms with Crippen LogP contribution in [0.3, 0.4) is 0 Å². The summed E-state index contributed by atoms with van der Waals surface area (Å²) in [5.41, 5.74) is 4.98. The predicted molar refractivity (Wildman–Crippen MR) is 126 cm³/mol. The Hall–Kier alpha value is -2.60. The molecule has 0 aromatic heterocycles. The van der Waals surface area contributed by atoms with Gasteiger partial charge in [0.2, 0.25) is 0 Å². The van der Waals surface area contributed by atoms with E-state index in [0.717, 1.165) is 46.6 Å². The van der Waals surface area contributed by atoms with Crippen molar-refractivity contribution in [3.8, 4) is 0 Å². The molecule has 1 N–H and O–H groups in total. The number of nitro groups is 1. The van der Waals surface area contributed by atoms with Crippen molar-refractivity contribution in [1.29, 1.82) is 0 Å². The fraction of sp³-hybridized carbons (Fsp3) is 0.400. The van der Waals surface area contributed by atoms with Crippen LogP contribution in [0.1, 0.15) is 55.4 Å². The Morgan fingerprint density at radius 3 is 2.23 bits per heavy atom. The quantitative estimate of drug-likeness (QED) is 0.290. The number of carbonyl (C=O) groups is 1. The van der Waals surface area contributed by atoms with E-state index in [1.165, 1.54) is 17.7 Å². The molecule has 1 aliphatic carbocycles. The second-order valence-electron chi connectivity index (χ2n) is 8.07. The molecule has 164 valence electrons. The minimum Gasteiger partial charge on any atom is -0.512 e. The highest BCUT2D eigenvalue weighted by Gasteiger charge is 2.30. The average Bonchev–Trinajstić information content (AvgIpc) is 2.74. The van der Waals surface area contributed by atoms with Crippen molar-refractivity contribution in [2.24, 2.45) is 5.92 Å². The Morgan fingerprint density at radius 1 is 1.10 bits per heavy atom. The molecule has 3 rings (SSSR count). The molecule has 0 bridgehead atoms. The third-order valence-electron chi connectivity index (χ3n) is 5.82. The number of thioether (sulfide) groups is 1. The van der Waals surface area contributed by atoms with E-state index >= 15 is 0 Å². The van der Waals surface area contributed by atoms with E-state index in [9.17, 15) is 20.0 Å². The number of Topliss-reactive ketones (excluding diaryl/α,β-unsaturated/α-hetero) is 1. The summed E-state index contributed by atoms with van der Waals surface area (Å²) in [7, 11) is 0. The lowest BCUT2D eigenvalue weighted by Crippen LogP contribution is -2.21. The standard InChI is InChI=1S/C25H29NO4S/c1-4-18-12-16(3)13-19(5-2)24(18)25-22(27)14-17(15-23(25)28)10-11-31-21-8-6-20(7-9-21)26(29)30/h6-9,12-13,17,27H,4-5,10-11,14-15H2,1-3H3. The number of aryl methyl sites for hydroxylation is 3. The van der Waals surface area contributed by atoms with Gasteiger partial charge in [0.05, 0.1) is 10.5 Å². The van der Waals surface area contributed by atoms with Crippen molar-refractivity contribution in [3.63, 3.8) is 0 Å². The van der Waals surface area contributed by atoms with Gasteiger partial charge in [-0.2, -0.15) is 0 Å². The fourth-order valence-electron chi connectivity index (χ4n) is 4.29. The van der Waals surface area contributed by atoms with Crippen molar-refractivity contribution >= 4 is 28.8 Å². The Kier molecular flexibility index (Phi) is 7.55. The lowest BCUT2D eigenvalue weighted by atomic mass is 9.79. The van der Waals surface area contributed by atoms with E-state index in [4.69, 9.17) is 0 Å². The lowest BCUT2D eigenvalue weighted by molar-refractivity contribution is -0.384. The van der Waals surface area contributed by atoms with Gasteiger partial charge in [0.15, 0.2) is 5.78 Å². The van der Waals surface area contributed by atoms with Crippen LogP contribution < -0.4 is 0 Å². The Bertz CT molecular complexity index is 986. The number of ketones is 1. The first-order valence-corrected chi connectivity index (χ1v) is 11.8. The van der Waals surface area contributed by atoms with Crippen LogP contribution in [0.2, 0.25) is 0 Å². The molecule has 5 nitrogen and oxygen atoms in total. The number of hydrogen-bond acceptors (Lipinski definition) is 5. The molecule has 1 unspecified atom stereocenters. The first-order valence-electron chi connectivity index (χ1n) is 10.8. The van der Waals surface area contributed by atoms with Gasteiger partial charge in [-0.3, -0.25) is 14.9 Å². The maximum Gasteiger partial charge on any atom is 0.269 e. The molecule has 0 radical (unpaired) electrons. The number of benzene rings is 2. The van der Waals surface area contributed by atoms with E-state index in [0.29, 0.717) is 18.4 Å². The van der Waals surface area contributed by atoms with Gasteiger partial charge in [-0.25, -0.2) is 0 Å². The highest BCUT2D eigenvalue weighted by atomic mass is 32.2. The zero-order valence-corrected chi connectivity index (χ0v) is 19.1. The number of aliphatic hydroxyl groups excluding tert-OH is 1. The summed E-state index contributed by atoms with van der Waals surface area (Å²) >= 11 is 1.62. The number of aliphatic hydroxyl groups is 1. The van der Waals surface area contributed by atoms with Crippen molar-refractivity contribution in [2.75, 3.05) is 5.75 Å². The maximum absolute atomic E-state index is 13.1. The van der Waals surface area contributed by atoms with E-state index < -0.39 is 4.92 Å². The van der Waals surface area contributed by atoms with Crippen LogP contribution >= 0.6 is 11.8 Å². The van der Waals surface area contributed by atoms with Gasteiger partial charge < -0.3 is 5.11 Å². The van der Waals surface area contributed by atoms with E-state index in [1.54, 1.807) is 23.9 Å². The molecule has 2 aromatic carbocycles. The molecule has 0 saturated heterocycles. The summed E-state index contributed by atoms with van der Waals surface area (Å²) in [5.74, 6) is 1.16. The Balaban J connectivity index is 1.71. The van der Waals surface area contributed by atoms with Crippen LogP contribution in [0.15, 0.2) is 47.1 Å². The summed E-state index contributed by atoms with van der Waals surface area (Å²) in [6.45, 7) is 6.24. The summed E-state index contributed by atoms with van der Waals surface area (Å²) in [6.07, 6.45) is 3.41. The third kappa shape index (κ3) is 5.37. The average molecular weight is 440 g/mol. The molecule has 0 amide bonds. The summed E-state index contributed by atoms with van der Waals surface area (Å²) < 4.78 is 0. The first-order chi connectivity index (χ1) is 14.8. The SMILES string of the molecule is CCc1cc(C)cc(CC)c1C1=C(O)CC(CCSc2ccc([N+](=O)[O-])cc2)CC1=O. The van der Waals surface area contributed by atoms with Gasteiger partial charge in [-0.1, -0.05) is 31.5 Å². The molecule has 1 atom stereocenters.